The summed E-state index contributed by atoms with van der Waals surface area (Å²) in [6, 6.07) is 5.22. The first-order valence-electron chi connectivity index (χ1n) is 6.25. The molecule has 1 heterocycles. The number of carbonyl (C=O) groups excluding carboxylic acids is 2. The molecule has 0 aliphatic carbocycles. The van der Waals surface area contributed by atoms with Crippen LogP contribution in [-0.2, 0) is 16.0 Å². The average molecular weight is 289 g/mol. The van der Waals surface area contributed by atoms with Gasteiger partial charge in [-0.15, -0.1) is 0 Å². The minimum Gasteiger partial charge on any atom is -0.507 e. The van der Waals surface area contributed by atoms with Crippen LogP contribution in [0.4, 0.5) is 0 Å². The highest BCUT2D eigenvalue weighted by molar-refractivity contribution is 5.98. The number of phenols is 1. The van der Waals surface area contributed by atoms with E-state index in [9.17, 15) is 14.7 Å². The van der Waals surface area contributed by atoms with Crippen molar-refractivity contribution in [2.75, 3.05) is 7.11 Å². The molecule has 0 saturated heterocycles. The number of methoxy groups -OCH3 is 1. The molecule has 1 amide bonds. The van der Waals surface area contributed by atoms with Crippen LogP contribution in [-0.4, -0.2) is 40.1 Å². The van der Waals surface area contributed by atoms with E-state index in [1.165, 1.54) is 25.6 Å². The maximum absolute atomic E-state index is 12.1. The molecule has 0 aliphatic rings. The van der Waals surface area contributed by atoms with Gasteiger partial charge in [-0.25, -0.2) is 9.78 Å². The van der Waals surface area contributed by atoms with Crippen molar-refractivity contribution in [3.8, 4) is 5.75 Å². The van der Waals surface area contributed by atoms with Crippen molar-refractivity contribution in [1.82, 2.24) is 15.3 Å². The van der Waals surface area contributed by atoms with Crippen molar-refractivity contribution in [3.05, 3.63) is 48.0 Å². The first-order valence-corrected chi connectivity index (χ1v) is 6.25. The number of nitrogens with one attached hydrogen (secondary N) is 2. The predicted octanol–water partition coefficient (Wildman–Crippen LogP) is 0.629. The van der Waals surface area contributed by atoms with Crippen LogP contribution < -0.4 is 5.32 Å². The summed E-state index contributed by atoms with van der Waals surface area (Å²) in [6.07, 6.45) is 3.25. The molecular weight excluding hydrogens is 274 g/mol. The molecule has 0 aliphatic heterocycles. The number of imidazole rings is 1. The molecule has 0 radical (unpaired) electrons. The zero-order chi connectivity index (χ0) is 15.2. The van der Waals surface area contributed by atoms with Crippen molar-refractivity contribution in [2.45, 2.75) is 12.5 Å². The Balaban J connectivity index is 2.13. The predicted molar refractivity (Wildman–Crippen MR) is 73.7 cm³/mol. The second kappa shape index (κ2) is 6.56. The lowest BCUT2D eigenvalue weighted by Crippen LogP contribution is -2.43. The van der Waals surface area contributed by atoms with Gasteiger partial charge in [0.25, 0.3) is 5.91 Å². The van der Waals surface area contributed by atoms with Crippen LogP contribution in [0.15, 0.2) is 36.8 Å². The number of benzene rings is 1. The Morgan fingerprint density at radius 1 is 1.43 bits per heavy atom. The van der Waals surface area contributed by atoms with Gasteiger partial charge >= 0.3 is 5.97 Å². The second-order valence-electron chi connectivity index (χ2n) is 4.35. The fourth-order valence-electron chi connectivity index (χ4n) is 1.85. The van der Waals surface area contributed by atoms with Gasteiger partial charge < -0.3 is 20.1 Å². The van der Waals surface area contributed by atoms with Gasteiger partial charge in [-0.3, -0.25) is 4.79 Å². The molecule has 0 saturated carbocycles. The van der Waals surface area contributed by atoms with Crippen LogP contribution in [0.2, 0.25) is 0 Å². The highest BCUT2D eigenvalue weighted by Crippen LogP contribution is 2.15. The summed E-state index contributed by atoms with van der Waals surface area (Å²) in [5.41, 5.74) is 0.777. The zero-order valence-corrected chi connectivity index (χ0v) is 11.4. The number of aromatic hydroxyl groups is 1. The molecule has 21 heavy (non-hydrogen) atoms. The molecule has 1 aromatic heterocycles. The SMILES string of the molecule is COC(=O)[C@H](Cc1cnc[nH]1)NC(=O)c1ccccc1O. The first-order chi connectivity index (χ1) is 10.1. The molecule has 0 bridgehead atoms. The third-order valence-electron chi connectivity index (χ3n) is 2.92. The Kier molecular flexibility index (Phi) is 4.55. The van der Waals surface area contributed by atoms with E-state index in [4.69, 9.17) is 0 Å². The minimum absolute atomic E-state index is 0.0935. The second-order valence-corrected chi connectivity index (χ2v) is 4.35. The summed E-state index contributed by atoms with van der Waals surface area (Å²) in [4.78, 5) is 30.6. The first kappa shape index (κ1) is 14.6. The third kappa shape index (κ3) is 3.59. The molecule has 7 heteroatoms. The number of rotatable bonds is 5. The lowest BCUT2D eigenvalue weighted by Gasteiger charge is -2.16. The van der Waals surface area contributed by atoms with Gasteiger partial charge in [-0.05, 0) is 12.1 Å². The summed E-state index contributed by atoms with van der Waals surface area (Å²) >= 11 is 0. The van der Waals surface area contributed by atoms with E-state index in [0.717, 1.165) is 0 Å². The Morgan fingerprint density at radius 2 is 2.19 bits per heavy atom. The molecule has 0 fully saturated rings. The molecule has 0 spiro atoms. The molecule has 7 nitrogen and oxygen atoms in total. The van der Waals surface area contributed by atoms with E-state index < -0.39 is 17.9 Å². The summed E-state index contributed by atoms with van der Waals surface area (Å²) < 4.78 is 4.68. The smallest absolute Gasteiger partial charge is 0.328 e. The number of ether oxygens (including phenoxy) is 1. The number of hydrogen-bond acceptors (Lipinski definition) is 5. The maximum atomic E-state index is 12.1. The summed E-state index contributed by atoms with van der Waals surface area (Å²) in [6.45, 7) is 0. The number of aromatic amines is 1. The van der Waals surface area contributed by atoms with Crippen molar-refractivity contribution in [3.63, 3.8) is 0 Å². The van der Waals surface area contributed by atoms with Crippen LogP contribution in [0.25, 0.3) is 0 Å². The molecule has 0 unspecified atom stereocenters. The van der Waals surface area contributed by atoms with Gasteiger partial charge in [0, 0.05) is 18.3 Å². The molecular formula is C14H15N3O4. The quantitative estimate of drug-likeness (QED) is 0.700. The largest absolute Gasteiger partial charge is 0.507 e. The van der Waals surface area contributed by atoms with E-state index in [0.29, 0.717) is 5.69 Å². The van der Waals surface area contributed by atoms with Gasteiger partial charge in [0.15, 0.2) is 0 Å². The lowest BCUT2D eigenvalue weighted by molar-refractivity contribution is -0.142. The van der Waals surface area contributed by atoms with Crippen LogP contribution in [0.3, 0.4) is 0 Å². The van der Waals surface area contributed by atoms with Crippen LogP contribution >= 0.6 is 0 Å². The lowest BCUT2D eigenvalue weighted by atomic mass is 10.1. The Labute approximate surface area is 121 Å². The summed E-state index contributed by atoms with van der Waals surface area (Å²) in [5, 5.41) is 12.2. The standard InChI is InChI=1S/C14H15N3O4/c1-21-14(20)11(6-9-7-15-8-16-9)17-13(19)10-4-2-3-5-12(10)18/h2-5,7-8,11,18H,6H2,1H3,(H,15,16)(H,17,19)/t11-/m0/s1. The van der Waals surface area contributed by atoms with E-state index in [2.05, 4.69) is 20.0 Å². The highest BCUT2D eigenvalue weighted by Gasteiger charge is 2.24. The van der Waals surface area contributed by atoms with E-state index >= 15 is 0 Å². The third-order valence-corrected chi connectivity index (χ3v) is 2.92. The molecule has 3 N–H and O–H groups in total. The summed E-state index contributed by atoms with van der Waals surface area (Å²) in [5.74, 6) is -1.28. The minimum atomic E-state index is -0.873. The Morgan fingerprint density at radius 3 is 2.81 bits per heavy atom. The molecule has 1 aromatic carbocycles. The molecule has 110 valence electrons. The molecule has 2 rings (SSSR count). The Hall–Kier alpha value is -2.83. The average Bonchev–Trinajstić information content (AvgIpc) is 2.99. The van der Waals surface area contributed by atoms with Crippen LogP contribution in [0.1, 0.15) is 16.1 Å². The number of aromatic nitrogens is 2. The topological polar surface area (TPSA) is 104 Å². The van der Waals surface area contributed by atoms with Gasteiger partial charge in [-0.2, -0.15) is 0 Å². The van der Waals surface area contributed by atoms with E-state index in [1.54, 1.807) is 18.3 Å². The van der Waals surface area contributed by atoms with E-state index in [1.807, 2.05) is 0 Å². The number of nitrogens with zero attached hydrogens (tertiary/aromatic N) is 1. The van der Waals surface area contributed by atoms with E-state index in [-0.39, 0.29) is 17.7 Å². The van der Waals surface area contributed by atoms with Gasteiger partial charge in [-0.1, -0.05) is 12.1 Å². The van der Waals surface area contributed by atoms with Crippen molar-refractivity contribution >= 4 is 11.9 Å². The number of para-hydroxylation sites is 1. The number of amides is 1. The van der Waals surface area contributed by atoms with Gasteiger partial charge in [0.2, 0.25) is 0 Å². The zero-order valence-electron chi connectivity index (χ0n) is 11.4. The fourth-order valence-corrected chi connectivity index (χ4v) is 1.85. The monoisotopic (exact) mass is 289 g/mol. The van der Waals surface area contributed by atoms with Crippen LogP contribution in [0, 0.1) is 0 Å². The molecule has 1 atom stereocenters. The normalized spacial score (nSPS) is 11.7. The summed E-state index contributed by atoms with van der Waals surface area (Å²) in [7, 11) is 1.24. The number of esters is 1. The maximum Gasteiger partial charge on any atom is 0.328 e. The number of phenolic OH excluding ortho intramolecular Hbond substituents is 1. The van der Waals surface area contributed by atoms with Gasteiger partial charge in [0.1, 0.15) is 11.8 Å². The fraction of sp³-hybridized carbons (Fsp3) is 0.214. The Bertz CT molecular complexity index is 625. The van der Waals surface area contributed by atoms with Crippen molar-refractivity contribution in [1.29, 1.82) is 0 Å². The van der Waals surface area contributed by atoms with Crippen LogP contribution in [0.5, 0.6) is 5.75 Å². The molecule has 2 aromatic rings. The highest BCUT2D eigenvalue weighted by atomic mass is 16.5. The van der Waals surface area contributed by atoms with Gasteiger partial charge in [0.05, 0.1) is 19.0 Å². The van der Waals surface area contributed by atoms with Crippen molar-refractivity contribution < 1.29 is 19.4 Å². The number of H-pyrrole nitrogens is 1. The van der Waals surface area contributed by atoms with Crippen molar-refractivity contribution in [2.24, 2.45) is 0 Å². The number of hydrogen-bond donors (Lipinski definition) is 3. The number of carbonyl (C=O) groups is 2.